The highest BCUT2D eigenvalue weighted by atomic mass is 16.2. The second-order valence-electron chi connectivity index (χ2n) is 6.46. The molecule has 1 aromatic rings. The monoisotopic (exact) mass is 276 g/mol. The van der Waals surface area contributed by atoms with E-state index >= 15 is 0 Å². The molecular weight excluding hydrogens is 252 g/mol. The van der Waals surface area contributed by atoms with Crippen LogP contribution in [0.3, 0.4) is 0 Å². The number of hydrogen-bond acceptors (Lipinski definition) is 4. The number of aryl methyl sites for hydroxylation is 1. The summed E-state index contributed by atoms with van der Waals surface area (Å²) < 4.78 is 0. The maximum atomic E-state index is 12.1. The van der Waals surface area contributed by atoms with Crippen molar-refractivity contribution < 1.29 is 4.79 Å². The van der Waals surface area contributed by atoms with E-state index in [-0.39, 0.29) is 17.5 Å². The summed E-state index contributed by atoms with van der Waals surface area (Å²) in [7, 11) is 0. The minimum atomic E-state index is -0.310. The molecule has 1 heterocycles. The van der Waals surface area contributed by atoms with Crippen LogP contribution in [0.5, 0.6) is 0 Å². The molecule has 1 aliphatic carbocycles. The molecule has 110 valence electrons. The second-order valence-corrected chi connectivity index (χ2v) is 6.46. The van der Waals surface area contributed by atoms with Gasteiger partial charge >= 0.3 is 0 Å². The highest BCUT2D eigenvalue weighted by Gasteiger charge is 2.22. The van der Waals surface area contributed by atoms with Crippen LogP contribution in [0.15, 0.2) is 6.33 Å². The van der Waals surface area contributed by atoms with Gasteiger partial charge in [-0.1, -0.05) is 0 Å². The fraction of sp³-hybridized carbons (Fsp3) is 0.667. The number of nitrogens with one attached hydrogen (secondary N) is 2. The molecule has 0 aliphatic heterocycles. The summed E-state index contributed by atoms with van der Waals surface area (Å²) in [5.41, 5.74) is 2.07. The van der Waals surface area contributed by atoms with E-state index in [1.54, 1.807) is 6.33 Å². The lowest BCUT2D eigenvalue weighted by atomic mass is 9.96. The normalized spacial score (nSPS) is 16.2. The first-order valence-corrected chi connectivity index (χ1v) is 7.28. The lowest BCUT2D eigenvalue weighted by Gasteiger charge is -2.25. The molecule has 0 saturated carbocycles. The van der Waals surface area contributed by atoms with E-state index in [4.69, 9.17) is 0 Å². The molecule has 0 fully saturated rings. The smallest absolute Gasteiger partial charge is 0.242 e. The molecule has 1 amide bonds. The van der Waals surface area contributed by atoms with Gasteiger partial charge in [0.15, 0.2) is 0 Å². The lowest BCUT2D eigenvalue weighted by Crippen LogP contribution is -2.47. The van der Waals surface area contributed by atoms with Gasteiger partial charge in [-0.3, -0.25) is 4.79 Å². The number of fused-ring (bicyclic) bond motifs is 1. The summed E-state index contributed by atoms with van der Waals surface area (Å²) in [4.78, 5) is 20.8. The number of amides is 1. The third-order valence-corrected chi connectivity index (χ3v) is 3.37. The van der Waals surface area contributed by atoms with Gasteiger partial charge in [-0.25, -0.2) is 9.97 Å². The van der Waals surface area contributed by atoms with Crippen LogP contribution in [-0.4, -0.2) is 27.5 Å². The molecule has 1 unspecified atom stereocenters. The summed E-state index contributed by atoms with van der Waals surface area (Å²) in [6.07, 6.45) is 5.93. The van der Waals surface area contributed by atoms with E-state index in [0.29, 0.717) is 0 Å². The summed E-state index contributed by atoms with van der Waals surface area (Å²) in [6, 6.07) is -0.310. The van der Waals surface area contributed by atoms with E-state index in [2.05, 4.69) is 20.6 Å². The highest BCUT2D eigenvalue weighted by Crippen LogP contribution is 2.24. The van der Waals surface area contributed by atoms with Crippen molar-refractivity contribution in [2.45, 2.75) is 65.0 Å². The number of hydrogen-bond donors (Lipinski definition) is 2. The van der Waals surface area contributed by atoms with Crippen LogP contribution in [-0.2, 0) is 17.6 Å². The Hall–Kier alpha value is -1.65. The molecule has 5 heteroatoms. The zero-order valence-electron chi connectivity index (χ0n) is 12.8. The Morgan fingerprint density at radius 1 is 1.25 bits per heavy atom. The molecule has 2 rings (SSSR count). The molecule has 2 N–H and O–H groups in total. The van der Waals surface area contributed by atoms with Crippen LogP contribution >= 0.6 is 0 Å². The molecule has 1 aliphatic rings. The lowest BCUT2D eigenvalue weighted by molar-refractivity contribution is -0.122. The van der Waals surface area contributed by atoms with Gasteiger partial charge in [0.05, 0.1) is 0 Å². The van der Waals surface area contributed by atoms with Crippen LogP contribution in [0.4, 0.5) is 5.82 Å². The van der Waals surface area contributed by atoms with Gasteiger partial charge in [-0.2, -0.15) is 0 Å². The summed E-state index contributed by atoms with van der Waals surface area (Å²) >= 11 is 0. The molecule has 1 aromatic heterocycles. The maximum absolute atomic E-state index is 12.1. The van der Waals surface area contributed by atoms with Gasteiger partial charge in [0.25, 0.3) is 0 Å². The number of anilines is 1. The SMILES string of the molecule is CC(Nc1ncnc2c1CCCC2)C(=O)NC(C)(C)C. The molecule has 20 heavy (non-hydrogen) atoms. The largest absolute Gasteiger partial charge is 0.358 e. The van der Waals surface area contributed by atoms with Crippen LogP contribution in [0, 0.1) is 0 Å². The molecular formula is C15H24N4O. The standard InChI is InChI=1S/C15H24N4O/c1-10(14(20)19-15(2,3)4)18-13-11-7-5-6-8-12(11)16-9-17-13/h9-10H,5-8H2,1-4H3,(H,19,20)(H,16,17,18). The second kappa shape index (κ2) is 5.77. The van der Waals surface area contributed by atoms with Crippen molar-refractivity contribution in [3.8, 4) is 0 Å². The Balaban J connectivity index is 2.08. The van der Waals surface area contributed by atoms with E-state index in [1.165, 1.54) is 12.0 Å². The van der Waals surface area contributed by atoms with Crippen molar-refractivity contribution in [3.63, 3.8) is 0 Å². The van der Waals surface area contributed by atoms with Gasteiger partial charge in [0.2, 0.25) is 5.91 Å². The van der Waals surface area contributed by atoms with Gasteiger partial charge in [0.1, 0.15) is 18.2 Å². The minimum Gasteiger partial charge on any atom is -0.358 e. The molecule has 0 aromatic carbocycles. The molecule has 0 saturated heterocycles. The quantitative estimate of drug-likeness (QED) is 0.887. The summed E-state index contributed by atoms with van der Waals surface area (Å²) in [5.74, 6) is 0.798. The predicted molar refractivity (Wildman–Crippen MR) is 79.7 cm³/mol. The fourth-order valence-electron chi connectivity index (χ4n) is 2.39. The van der Waals surface area contributed by atoms with Crippen molar-refractivity contribution in [2.75, 3.05) is 5.32 Å². The van der Waals surface area contributed by atoms with Crippen LogP contribution in [0.1, 0.15) is 51.8 Å². The Labute approximate surface area is 120 Å². The number of nitrogens with zero attached hydrogens (tertiary/aromatic N) is 2. The van der Waals surface area contributed by atoms with Gasteiger partial charge in [-0.05, 0) is 53.4 Å². The Bertz CT molecular complexity index is 493. The third kappa shape index (κ3) is 3.68. The fourth-order valence-corrected chi connectivity index (χ4v) is 2.39. The topological polar surface area (TPSA) is 66.9 Å². The van der Waals surface area contributed by atoms with Crippen molar-refractivity contribution in [3.05, 3.63) is 17.6 Å². The first-order valence-electron chi connectivity index (χ1n) is 7.28. The van der Waals surface area contributed by atoms with Crippen molar-refractivity contribution in [1.82, 2.24) is 15.3 Å². The van der Waals surface area contributed by atoms with Gasteiger partial charge in [0, 0.05) is 16.8 Å². The number of carbonyl (C=O) groups is 1. The highest BCUT2D eigenvalue weighted by molar-refractivity contribution is 5.84. The first-order chi connectivity index (χ1) is 9.37. The minimum absolute atomic E-state index is 0.0133. The molecule has 0 spiro atoms. The summed E-state index contributed by atoms with van der Waals surface area (Å²) in [6.45, 7) is 7.79. The van der Waals surface area contributed by atoms with Crippen molar-refractivity contribution >= 4 is 11.7 Å². The number of aromatic nitrogens is 2. The Morgan fingerprint density at radius 3 is 2.65 bits per heavy atom. The van der Waals surface area contributed by atoms with Gasteiger partial charge < -0.3 is 10.6 Å². The average molecular weight is 276 g/mol. The zero-order chi connectivity index (χ0) is 14.8. The third-order valence-electron chi connectivity index (χ3n) is 3.37. The number of carbonyl (C=O) groups excluding carboxylic acids is 1. The Kier molecular flexibility index (Phi) is 4.26. The molecule has 0 bridgehead atoms. The van der Waals surface area contributed by atoms with Gasteiger partial charge in [-0.15, -0.1) is 0 Å². The zero-order valence-corrected chi connectivity index (χ0v) is 12.8. The van der Waals surface area contributed by atoms with Crippen molar-refractivity contribution in [2.24, 2.45) is 0 Å². The average Bonchev–Trinajstić information content (AvgIpc) is 2.37. The molecule has 0 radical (unpaired) electrons. The van der Waals surface area contributed by atoms with Crippen LogP contribution in [0.25, 0.3) is 0 Å². The maximum Gasteiger partial charge on any atom is 0.242 e. The van der Waals surface area contributed by atoms with E-state index in [0.717, 1.165) is 30.8 Å². The number of rotatable bonds is 3. The Morgan fingerprint density at radius 2 is 1.95 bits per heavy atom. The van der Waals surface area contributed by atoms with E-state index in [1.807, 2.05) is 27.7 Å². The molecule has 1 atom stereocenters. The van der Waals surface area contributed by atoms with Crippen LogP contribution in [0.2, 0.25) is 0 Å². The van der Waals surface area contributed by atoms with E-state index < -0.39 is 0 Å². The van der Waals surface area contributed by atoms with E-state index in [9.17, 15) is 4.79 Å². The van der Waals surface area contributed by atoms with Crippen molar-refractivity contribution in [1.29, 1.82) is 0 Å². The summed E-state index contributed by atoms with van der Waals surface area (Å²) in [5, 5.41) is 6.20. The molecule has 5 nitrogen and oxygen atoms in total. The first kappa shape index (κ1) is 14.8. The van der Waals surface area contributed by atoms with Crippen LogP contribution < -0.4 is 10.6 Å². The predicted octanol–water partition coefficient (Wildman–Crippen LogP) is 2.07.